The van der Waals surface area contributed by atoms with E-state index < -0.39 is 0 Å². The molecular formula is C24H17Cl2N3S. The van der Waals surface area contributed by atoms with E-state index in [1.54, 1.807) is 30.2 Å². The zero-order chi connectivity index (χ0) is 21.1. The van der Waals surface area contributed by atoms with E-state index in [9.17, 15) is 5.26 Å². The van der Waals surface area contributed by atoms with E-state index in [0.29, 0.717) is 22.2 Å². The predicted molar refractivity (Wildman–Crippen MR) is 123 cm³/mol. The Morgan fingerprint density at radius 1 is 1.00 bits per heavy atom. The van der Waals surface area contributed by atoms with E-state index in [1.807, 2.05) is 61.5 Å². The van der Waals surface area contributed by atoms with Crippen molar-refractivity contribution in [2.75, 3.05) is 0 Å². The zero-order valence-electron chi connectivity index (χ0n) is 16.1. The smallest absolute Gasteiger partial charge is 0.102 e. The molecule has 6 heteroatoms. The maximum absolute atomic E-state index is 9.99. The molecule has 0 aliphatic heterocycles. The van der Waals surface area contributed by atoms with Gasteiger partial charge in [0.1, 0.15) is 6.07 Å². The number of nitrogens with zero attached hydrogens (tertiary/aromatic N) is 3. The Kier molecular flexibility index (Phi) is 6.15. The Balaban J connectivity index is 1.93. The summed E-state index contributed by atoms with van der Waals surface area (Å²) in [7, 11) is 0. The molecule has 0 aliphatic rings. The molecule has 2 aromatic carbocycles. The SMILES string of the molecule is Cc1c(C#N)c(-c2ccccc2)c(Sc2cc(Cl)cc(Cl)c2)n1Cc1ccncc1. The van der Waals surface area contributed by atoms with Crippen molar-refractivity contribution in [2.45, 2.75) is 23.4 Å². The highest BCUT2D eigenvalue weighted by Crippen LogP contribution is 2.42. The van der Waals surface area contributed by atoms with Crippen molar-refractivity contribution in [1.82, 2.24) is 9.55 Å². The number of benzene rings is 2. The molecule has 0 atom stereocenters. The third kappa shape index (κ3) is 4.24. The minimum atomic E-state index is 0.579. The first-order valence-electron chi connectivity index (χ1n) is 9.28. The van der Waals surface area contributed by atoms with E-state index in [-0.39, 0.29) is 0 Å². The second-order valence-corrected chi connectivity index (χ2v) is 8.70. The normalized spacial score (nSPS) is 10.7. The molecule has 0 unspecified atom stereocenters. The number of aromatic nitrogens is 2. The van der Waals surface area contributed by atoms with Gasteiger partial charge < -0.3 is 4.57 Å². The Morgan fingerprint density at radius 3 is 2.30 bits per heavy atom. The summed E-state index contributed by atoms with van der Waals surface area (Å²) in [5.74, 6) is 0. The first-order valence-corrected chi connectivity index (χ1v) is 10.9. The van der Waals surface area contributed by atoms with Crippen LogP contribution in [0.15, 0.2) is 83.0 Å². The predicted octanol–water partition coefficient (Wildman–Crippen LogP) is 7.24. The number of hydrogen-bond donors (Lipinski definition) is 0. The molecule has 2 heterocycles. The van der Waals surface area contributed by atoms with Crippen LogP contribution in [0.1, 0.15) is 16.8 Å². The summed E-state index contributed by atoms with van der Waals surface area (Å²) < 4.78 is 2.18. The molecule has 30 heavy (non-hydrogen) atoms. The van der Waals surface area contributed by atoms with Gasteiger partial charge in [0, 0.05) is 45.1 Å². The average molecular weight is 450 g/mol. The molecule has 0 N–H and O–H groups in total. The molecule has 0 bridgehead atoms. The van der Waals surface area contributed by atoms with Crippen LogP contribution in [0.4, 0.5) is 0 Å². The van der Waals surface area contributed by atoms with Gasteiger partial charge in [0.05, 0.1) is 10.6 Å². The van der Waals surface area contributed by atoms with Crippen LogP contribution >= 0.6 is 35.0 Å². The van der Waals surface area contributed by atoms with E-state index in [4.69, 9.17) is 23.2 Å². The van der Waals surface area contributed by atoms with Gasteiger partial charge in [0.25, 0.3) is 0 Å². The van der Waals surface area contributed by atoms with E-state index in [0.717, 1.165) is 32.3 Å². The van der Waals surface area contributed by atoms with Crippen molar-refractivity contribution in [1.29, 1.82) is 5.26 Å². The molecule has 3 nitrogen and oxygen atoms in total. The van der Waals surface area contributed by atoms with Gasteiger partial charge >= 0.3 is 0 Å². The molecule has 0 aliphatic carbocycles. The van der Waals surface area contributed by atoms with Crippen molar-refractivity contribution in [3.05, 3.63) is 99.9 Å². The standard InChI is InChI=1S/C24H17Cl2N3S/c1-16-22(14-27)23(18-5-3-2-4-6-18)24(29(16)15-17-7-9-28-10-8-17)30-21-12-19(25)11-20(26)13-21/h2-13H,15H2,1H3. The Labute approximate surface area is 189 Å². The number of nitriles is 1. The Bertz CT molecular complexity index is 1210. The molecule has 0 fully saturated rings. The van der Waals surface area contributed by atoms with Crippen LogP contribution in [0.3, 0.4) is 0 Å². The van der Waals surface area contributed by atoms with Gasteiger partial charge in [0.2, 0.25) is 0 Å². The van der Waals surface area contributed by atoms with Gasteiger partial charge in [-0.3, -0.25) is 4.98 Å². The second-order valence-electron chi connectivity index (χ2n) is 6.77. The quantitative estimate of drug-likeness (QED) is 0.322. The van der Waals surface area contributed by atoms with Crippen LogP contribution < -0.4 is 0 Å². The molecule has 0 radical (unpaired) electrons. The van der Waals surface area contributed by atoms with E-state index in [1.165, 1.54) is 0 Å². The second kappa shape index (κ2) is 8.97. The third-order valence-electron chi connectivity index (χ3n) is 4.79. The lowest BCUT2D eigenvalue weighted by Crippen LogP contribution is -2.04. The minimum Gasteiger partial charge on any atom is -0.334 e. The fraction of sp³-hybridized carbons (Fsp3) is 0.0833. The maximum atomic E-state index is 9.99. The summed E-state index contributed by atoms with van der Waals surface area (Å²) in [5.41, 5.74) is 4.62. The average Bonchev–Trinajstić information content (AvgIpc) is 2.99. The topological polar surface area (TPSA) is 41.6 Å². The molecule has 0 saturated heterocycles. The number of rotatable bonds is 5. The molecule has 0 spiro atoms. The highest BCUT2D eigenvalue weighted by Gasteiger charge is 2.23. The van der Waals surface area contributed by atoms with Crippen molar-refractivity contribution in [3.8, 4) is 17.2 Å². The number of halogens is 2. The highest BCUT2D eigenvalue weighted by molar-refractivity contribution is 7.99. The lowest BCUT2D eigenvalue weighted by Gasteiger charge is -2.13. The molecule has 0 amide bonds. The Morgan fingerprint density at radius 2 is 1.67 bits per heavy atom. The van der Waals surface area contributed by atoms with Gasteiger partial charge in [-0.2, -0.15) is 5.26 Å². The summed E-state index contributed by atoms with van der Waals surface area (Å²) >= 11 is 14.0. The van der Waals surface area contributed by atoms with Gasteiger partial charge in [-0.1, -0.05) is 65.3 Å². The fourth-order valence-corrected chi connectivity index (χ4v) is 5.27. The summed E-state index contributed by atoms with van der Waals surface area (Å²) in [5, 5.41) is 12.1. The molecule has 2 aromatic heterocycles. The first kappa shape index (κ1) is 20.6. The van der Waals surface area contributed by atoms with Gasteiger partial charge in [0.15, 0.2) is 0 Å². The van der Waals surface area contributed by atoms with Gasteiger partial charge in [-0.15, -0.1) is 0 Å². The molecular weight excluding hydrogens is 433 g/mol. The van der Waals surface area contributed by atoms with Crippen LogP contribution in [-0.2, 0) is 6.54 Å². The van der Waals surface area contributed by atoms with Gasteiger partial charge in [-0.05, 0) is 48.4 Å². The van der Waals surface area contributed by atoms with Crippen LogP contribution in [0.5, 0.6) is 0 Å². The summed E-state index contributed by atoms with van der Waals surface area (Å²) in [6, 6.07) is 21.9. The fourth-order valence-electron chi connectivity index (χ4n) is 3.39. The number of hydrogen-bond acceptors (Lipinski definition) is 3. The van der Waals surface area contributed by atoms with Crippen LogP contribution in [0, 0.1) is 18.3 Å². The first-order chi connectivity index (χ1) is 14.6. The van der Waals surface area contributed by atoms with Crippen LogP contribution in [-0.4, -0.2) is 9.55 Å². The van der Waals surface area contributed by atoms with E-state index >= 15 is 0 Å². The number of pyridine rings is 1. The molecule has 148 valence electrons. The zero-order valence-corrected chi connectivity index (χ0v) is 18.5. The lowest BCUT2D eigenvalue weighted by molar-refractivity contribution is 0.709. The van der Waals surface area contributed by atoms with Crippen molar-refractivity contribution < 1.29 is 0 Å². The third-order valence-corrected chi connectivity index (χ3v) is 6.32. The van der Waals surface area contributed by atoms with E-state index in [2.05, 4.69) is 15.6 Å². The van der Waals surface area contributed by atoms with Crippen LogP contribution in [0.2, 0.25) is 10.0 Å². The van der Waals surface area contributed by atoms with Crippen LogP contribution in [0.25, 0.3) is 11.1 Å². The van der Waals surface area contributed by atoms with Crippen molar-refractivity contribution in [3.63, 3.8) is 0 Å². The maximum Gasteiger partial charge on any atom is 0.102 e. The van der Waals surface area contributed by atoms with Crippen molar-refractivity contribution in [2.24, 2.45) is 0 Å². The molecule has 4 rings (SSSR count). The largest absolute Gasteiger partial charge is 0.334 e. The minimum absolute atomic E-state index is 0.579. The van der Waals surface area contributed by atoms with Gasteiger partial charge in [-0.25, -0.2) is 0 Å². The lowest BCUT2D eigenvalue weighted by atomic mass is 10.0. The molecule has 4 aromatic rings. The summed E-state index contributed by atoms with van der Waals surface area (Å²) in [4.78, 5) is 5.03. The summed E-state index contributed by atoms with van der Waals surface area (Å²) in [6.45, 7) is 2.62. The Hall–Kier alpha value is -2.71. The monoisotopic (exact) mass is 449 g/mol. The molecule has 0 saturated carbocycles. The summed E-state index contributed by atoms with van der Waals surface area (Å²) in [6.07, 6.45) is 3.56. The van der Waals surface area contributed by atoms with Crippen molar-refractivity contribution >= 4 is 35.0 Å². The highest BCUT2D eigenvalue weighted by atomic mass is 35.5.